The normalized spacial score (nSPS) is 19.6. The lowest BCUT2D eigenvalue weighted by Gasteiger charge is -2.23. The summed E-state index contributed by atoms with van der Waals surface area (Å²) < 4.78 is 0. The van der Waals surface area contributed by atoms with Gasteiger partial charge in [0.2, 0.25) is 11.0 Å². The number of aromatic nitrogens is 2. The minimum absolute atomic E-state index is 0.234. The maximum Gasteiger partial charge on any atom is 0.254 e. The lowest BCUT2D eigenvalue weighted by Crippen LogP contribution is -2.43. The number of likely N-dealkylation sites (tertiary alicyclic amines) is 1. The Morgan fingerprint density at radius 1 is 1.12 bits per heavy atom. The SMILES string of the molecule is O=C(Nc1nnc(C2CC2)s1)C1CCCN1C(=O)c1cc(Cl)cc(Cl)c1. The Morgan fingerprint density at radius 3 is 2.54 bits per heavy atom. The molecule has 2 heterocycles. The van der Waals surface area contributed by atoms with E-state index in [9.17, 15) is 9.59 Å². The predicted octanol–water partition coefficient (Wildman–Crippen LogP) is 3.97. The number of halogens is 2. The van der Waals surface area contributed by atoms with Crippen LogP contribution >= 0.6 is 34.5 Å². The van der Waals surface area contributed by atoms with Gasteiger partial charge in [-0.1, -0.05) is 34.5 Å². The molecular formula is C17H16Cl2N4O2S. The molecule has 2 aromatic rings. The molecule has 6 nitrogen and oxygen atoms in total. The van der Waals surface area contributed by atoms with Gasteiger partial charge in [-0.3, -0.25) is 14.9 Å². The Balaban J connectivity index is 1.47. The summed E-state index contributed by atoms with van der Waals surface area (Å²) in [5.74, 6) is 0.0146. The fourth-order valence-electron chi connectivity index (χ4n) is 3.09. The topological polar surface area (TPSA) is 75.2 Å². The zero-order chi connectivity index (χ0) is 18.3. The van der Waals surface area contributed by atoms with Crippen molar-refractivity contribution in [3.63, 3.8) is 0 Å². The van der Waals surface area contributed by atoms with Crippen LogP contribution in [-0.4, -0.2) is 39.5 Å². The van der Waals surface area contributed by atoms with Crippen molar-refractivity contribution in [3.8, 4) is 0 Å². The molecule has 136 valence electrons. The van der Waals surface area contributed by atoms with E-state index in [2.05, 4.69) is 15.5 Å². The van der Waals surface area contributed by atoms with Gasteiger partial charge in [-0.25, -0.2) is 0 Å². The summed E-state index contributed by atoms with van der Waals surface area (Å²) in [5.41, 5.74) is 0.383. The monoisotopic (exact) mass is 410 g/mol. The minimum Gasteiger partial charge on any atom is -0.327 e. The Kier molecular flexibility index (Phi) is 4.86. The molecule has 1 N–H and O–H groups in total. The molecule has 1 atom stereocenters. The van der Waals surface area contributed by atoms with E-state index in [-0.39, 0.29) is 11.8 Å². The number of hydrogen-bond acceptors (Lipinski definition) is 5. The van der Waals surface area contributed by atoms with Gasteiger partial charge in [-0.2, -0.15) is 0 Å². The Labute approximate surface area is 164 Å². The number of benzene rings is 1. The molecule has 1 saturated heterocycles. The third-order valence-electron chi connectivity index (χ3n) is 4.52. The van der Waals surface area contributed by atoms with Gasteiger partial charge in [0.05, 0.1) is 0 Å². The van der Waals surface area contributed by atoms with Crippen LogP contribution in [0.4, 0.5) is 5.13 Å². The van der Waals surface area contributed by atoms with Gasteiger partial charge in [-0.05, 0) is 43.9 Å². The van der Waals surface area contributed by atoms with Crippen LogP contribution in [0.3, 0.4) is 0 Å². The molecular weight excluding hydrogens is 395 g/mol. The molecule has 1 aliphatic carbocycles. The van der Waals surface area contributed by atoms with Gasteiger partial charge in [0, 0.05) is 28.1 Å². The van der Waals surface area contributed by atoms with Crippen molar-refractivity contribution < 1.29 is 9.59 Å². The average Bonchev–Trinajstić information content (AvgIpc) is 3.14. The molecule has 1 aliphatic heterocycles. The van der Waals surface area contributed by atoms with Crippen LogP contribution in [-0.2, 0) is 4.79 Å². The van der Waals surface area contributed by atoms with E-state index in [4.69, 9.17) is 23.2 Å². The number of anilines is 1. The smallest absolute Gasteiger partial charge is 0.254 e. The van der Waals surface area contributed by atoms with Crippen molar-refractivity contribution in [1.29, 1.82) is 0 Å². The molecule has 1 aromatic heterocycles. The molecule has 26 heavy (non-hydrogen) atoms. The van der Waals surface area contributed by atoms with Crippen LogP contribution in [0, 0.1) is 0 Å². The third kappa shape index (κ3) is 3.70. The van der Waals surface area contributed by atoms with Crippen LogP contribution in [0.2, 0.25) is 10.0 Å². The lowest BCUT2D eigenvalue weighted by molar-refractivity contribution is -0.119. The Bertz CT molecular complexity index is 848. The molecule has 0 radical (unpaired) electrons. The van der Waals surface area contributed by atoms with Crippen molar-refractivity contribution in [2.45, 2.75) is 37.6 Å². The van der Waals surface area contributed by atoms with E-state index in [0.29, 0.717) is 39.6 Å². The van der Waals surface area contributed by atoms with Gasteiger partial charge in [0.25, 0.3) is 5.91 Å². The number of nitrogens with one attached hydrogen (secondary N) is 1. The second-order valence-electron chi connectivity index (χ2n) is 6.52. The molecule has 1 unspecified atom stereocenters. The molecule has 2 amide bonds. The highest BCUT2D eigenvalue weighted by Gasteiger charge is 2.35. The lowest BCUT2D eigenvalue weighted by atomic mass is 10.1. The van der Waals surface area contributed by atoms with Crippen molar-refractivity contribution in [1.82, 2.24) is 15.1 Å². The quantitative estimate of drug-likeness (QED) is 0.826. The molecule has 0 spiro atoms. The van der Waals surface area contributed by atoms with Gasteiger partial charge < -0.3 is 4.90 Å². The number of hydrogen-bond donors (Lipinski definition) is 1. The van der Waals surface area contributed by atoms with Gasteiger partial charge in [-0.15, -0.1) is 10.2 Å². The second-order valence-corrected chi connectivity index (χ2v) is 8.41. The number of nitrogens with zero attached hydrogens (tertiary/aromatic N) is 3. The van der Waals surface area contributed by atoms with Gasteiger partial charge in [0.1, 0.15) is 11.0 Å². The van der Waals surface area contributed by atoms with Gasteiger partial charge in [0.15, 0.2) is 0 Å². The standard InChI is InChI=1S/C17H16Cl2N4O2S/c18-11-6-10(7-12(19)8-11)16(25)23-5-1-2-13(23)14(24)20-17-22-21-15(26-17)9-3-4-9/h6-9,13H,1-5H2,(H,20,22,24). The number of rotatable bonds is 4. The van der Waals surface area contributed by atoms with Crippen LogP contribution in [0.25, 0.3) is 0 Å². The van der Waals surface area contributed by atoms with Crippen molar-refractivity contribution in [3.05, 3.63) is 38.8 Å². The summed E-state index contributed by atoms with van der Waals surface area (Å²) in [6.07, 6.45) is 3.65. The maximum atomic E-state index is 12.8. The average molecular weight is 411 g/mol. The predicted molar refractivity (Wildman–Crippen MR) is 101 cm³/mol. The van der Waals surface area contributed by atoms with E-state index in [0.717, 1.165) is 24.3 Å². The summed E-state index contributed by atoms with van der Waals surface area (Å²) in [6.45, 7) is 0.518. The Hall–Kier alpha value is -1.70. The van der Waals surface area contributed by atoms with E-state index in [1.54, 1.807) is 23.1 Å². The summed E-state index contributed by atoms with van der Waals surface area (Å²) in [4.78, 5) is 27.1. The summed E-state index contributed by atoms with van der Waals surface area (Å²) in [6, 6.07) is 4.17. The number of carbonyl (C=O) groups excluding carboxylic acids is 2. The van der Waals surface area contributed by atoms with Gasteiger partial charge >= 0.3 is 0 Å². The Morgan fingerprint density at radius 2 is 1.85 bits per heavy atom. The molecule has 1 aromatic carbocycles. The molecule has 2 fully saturated rings. The molecule has 1 saturated carbocycles. The molecule has 4 rings (SSSR count). The first kappa shape index (κ1) is 17.7. The number of carbonyl (C=O) groups is 2. The fraction of sp³-hybridized carbons (Fsp3) is 0.412. The van der Waals surface area contributed by atoms with Crippen LogP contribution in [0.1, 0.15) is 47.0 Å². The highest BCUT2D eigenvalue weighted by molar-refractivity contribution is 7.15. The molecule has 2 aliphatic rings. The zero-order valence-electron chi connectivity index (χ0n) is 13.7. The summed E-state index contributed by atoms with van der Waals surface area (Å²) in [7, 11) is 0. The molecule has 9 heteroatoms. The highest BCUT2D eigenvalue weighted by atomic mass is 35.5. The van der Waals surface area contributed by atoms with E-state index in [1.807, 2.05) is 0 Å². The van der Waals surface area contributed by atoms with Crippen molar-refractivity contribution >= 4 is 51.5 Å². The van der Waals surface area contributed by atoms with Crippen molar-refractivity contribution in [2.24, 2.45) is 0 Å². The summed E-state index contributed by atoms with van der Waals surface area (Å²) in [5, 5.41) is 13.2. The minimum atomic E-state index is -0.534. The molecule has 0 bridgehead atoms. The van der Waals surface area contributed by atoms with E-state index in [1.165, 1.54) is 11.3 Å². The first-order valence-electron chi connectivity index (χ1n) is 8.42. The summed E-state index contributed by atoms with van der Waals surface area (Å²) >= 11 is 13.4. The zero-order valence-corrected chi connectivity index (χ0v) is 16.1. The fourth-order valence-corrected chi connectivity index (χ4v) is 4.54. The first-order chi connectivity index (χ1) is 12.5. The van der Waals surface area contributed by atoms with E-state index < -0.39 is 6.04 Å². The van der Waals surface area contributed by atoms with Crippen LogP contribution in [0.5, 0.6) is 0 Å². The largest absolute Gasteiger partial charge is 0.327 e. The van der Waals surface area contributed by atoms with E-state index >= 15 is 0 Å². The van der Waals surface area contributed by atoms with Crippen molar-refractivity contribution in [2.75, 3.05) is 11.9 Å². The third-order valence-corrected chi connectivity index (χ3v) is 5.96. The first-order valence-corrected chi connectivity index (χ1v) is 10.00. The number of amides is 2. The second kappa shape index (κ2) is 7.13. The van der Waals surface area contributed by atoms with Crippen LogP contribution in [0.15, 0.2) is 18.2 Å². The maximum absolute atomic E-state index is 12.8. The van der Waals surface area contributed by atoms with Crippen LogP contribution < -0.4 is 5.32 Å². The highest BCUT2D eigenvalue weighted by Crippen LogP contribution is 2.42.